The number of aryl methyl sites for hydroxylation is 3. The first-order chi connectivity index (χ1) is 21.7. The molecular formula is C36H46FN3O5. The Kier molecular flexibility index (Phi) is 10.6. The third-order valence-electron chi connectivity index (χ3n) is 9.37. The number of ether oxygens (including phenoxy) is 1. The highest BCUT2D eigenvalue weighted by Gasteiger charge is 2.47. The van der Waals surface area contributed by atoms with E-state index in [1.54, 1.807) is 25.3 Å². The summed E-state index contributed by atoms with van der Waals surface area (Å²) in [5, 5.41) is 10.6. The van der Waals surface area contributed by atoms with Gasteiger partial charge < -0.3 is 19.2 Å². The Balaban J connectivity index is 1.46. The molecule has 2 aliphatic heterocycles. The number of carbonyl (C=O) groups is 2. The molecule has 3 aromatic rings. The Bertz CT molecular complexity index is 1480. The number of carboxylic acid groups (broad SMARTS) is 1. The molecule has 0 spiro atoms. The largest absolute Gasteiger partial charge is 0.493 e. The van der Waals surface area contributed by atoms with Crippen LogP contribution in [0.25, 0.3) is 0 Å². The van der Waals surface area contributed by atoms with Crippen LogP contribution in [0.1, 0.15) is 86.6 Å². The fraction of sp³-hybridized carbons (Fsp3) is 0.528. The molecule has 3 heterocycles. The van der Waals surface area contributed by atoms with Gasteiger partial charge in [-0.05, 0) is 80.5 Å². The van der Waals surface area contributed by atoms with Crippen molar-refractivity contribution in [2.45, 2.75) is 97.1 Å². The van der Waals surface area contributed by atoms with Crippen molar-refractivity contribution in [3.63, 3.8) is 0 Å². The molecule has 1 amide bonds. The van der Waals surface area contributed by atoms with Gasteiger partial charge in [0.2, 0.25) is 5.91 Å². The summed E-state index contributed by atoms with van der Waals surface area (Å²) in [6, 6.07) is 10.5. The second-order valence-electron chi connectivity index (χ2n) is 12.6. The van der Waals surface area contributed by atoms with Crippen LogP contribution in [0.3, 0.4) is 0 Å². The lowest BCUT2D eigenvalue weighted by atomic mass is 9.83. The van der Waals surface area contributed by atoms with Crippen LogP contribution in [0, 0.1) is 25.6 Å². The maximum absolute atomic E-state index is 14.4. The summed E-state index contributed by atoms with van der Waals surface area (Å²) < 4.78 is 25.7. The molecule has 1 fully saturated rings. The van der Waals surface area contributed by atoms with Gasteiger partial charge in [0.25, 0.3) is 0 Å². The zero-order valence-corrected chi connectivity index (χ0v) is 26.9. The number of carbonyl (C=O) groups excluding carboxylic acids is 1. The van der Waals surface area contributed by atoms with Crippen LogP contribution in [0.4, 0.5) is 10.1 Å². The van der Waals surface area contributed by atoms with E-state index in [1.165, 1.54) is 6.07 Å². The highest BCUT2D eigenvalue weighted by Crippen LogP contribution is 2.42. The van der Waals surface area contributed by atoms with Crippen LogP contribution in [-0.2, 0) is 22.4 Å². The number of likely N-dealkylation sites (tertiary alicyclic amines) is 1. The molecule has 0 unspecified atom stereocenters. The molecule has 1 aromatic heterocycles. The third-order valence-corrected chi connectivity index (χ3v) is 9.37. The van der Waals surface area contributed by atoms with Gasteiger partial charge >= 0.3 is 5.97 Å². The number of halogens is 1. The molecule has 9 heteroatoms. The molecule has 242 valence electrons. The molecule has 0 radical (unpaired) electrons. The Labute approximate surface area is 265 Å². The highest BCUT2D eigenvalue weighted by atomic mass is 19.1. The van der Waals surface area contributed by atoms with E-state index in [0.29, 0.717) is 49.6 Å². The van der Waals surface area contributed by atoms with E-state index < -0.39 is 11.9 Å². The minimum absolute atomic E-state index is 0.0329. The molecule has 3 atom stereocenters. The summed E-state index contributed by atoms with van der Waals surface area (Å²) in [5.41, 5.74) is 3.24. The van der Waals surface area contributed by atoms with Crippen LogP contribution in [0.2, 0.25) is 0 Å². The number of carboxylic acids is 1. The average Bonchev–Trinajstić information content (AvgIpc) is 3.73. The van der Waals surface area contributed by atoms with Crippen molar-refractivity contribution in [1.82, 2.24) is 9.88 Å². The normalized spacial score (nSPS) is 19.6. The number of aromatic nitrogens is 1. The molecule has 0 saturated carbocycles. The fourth-order valence-corrected chi connectivity index (χ4v) is 7.26. The predicted octanol–water partition coefficient (Wildman–Crippen LogP) is 6.86. The first kappa shape index (κ1) is 32.7. The van der Waals surface area contributed by atoms with Gasteiger partial charge in [0, 0.05) is 43.1 Å². The van der Waals surface area contributed by atoms with Gasteiger partial charge in [-0.25, -0.2) is 9.37 Å². The van der Waals surface area contributed by atoms with Crippen LogP contribution >= 0.6 is 0 Å². The number of hydrogen-bond donors (Lipinski definition) is 1. The Morgan fingerprint density at radius 2 is 1.91 bits per heavy atom. The zero-order valence-electron chi connectivity index (χ0n) is 26.9. The number of aliphatic carboxylic acids is 1. The number of rotatable bonds is 14. The van der Waals surface area contributed by atoms with Crippen molar-refractivity contribution >= 4 is 17.6 Å². The highest BCUT2D eigenvalue weighted by molar-refractivity contribution is 5.95. The lowest BCUT2D eigenvalue weighted by Gasteiger charge is -2.35. The fourth-order valence-electron chi connectivity index (χ4n) is 7.26. The third kappa shape index (κ3) is 7.40. The van der Waals surface area contributed by atoms with Gasteiger partial charge in [0.05, 0.1) is 25.3 Å². The maximum Gasteiger partial charge on any atom is 0.308 e. The van der Waals surface area contributed by atoms with Crippen molar-refractivity contribution in [1.29, 1.82) is 0 Å². The Hall–Kier alpha value is -3.72. The van der Waals surface area contributed by atoms with Gasteiger partial charge in [-0.3, -0.25) is 14.5 Å². The van der Waals surface area contributed by atoms with Crippen molar-refractivity contribution in [2.75, 3.05) is 24.6 Å². The van der Waals surface area contributed by atoms with Crippen molar-refractivity contribution in [2.24, 2.45) is 5.92 Å². The number of oxazole rings is 1. The summed E-state index contributed by atoms with van der Waals surface area (Å²) in [6.45, 7) is 8.95. The first-order valence-corrected chi connectivity index (χ1v) is 16.4. The Morgan fingerprint density at radius 3 is 2.58 bits per heavy atom. The molecule has 8 nitrogen and oxygen atoms in total. The molecule has 2 aromatic carbocycles. The maximum atomic E-state index is 14.4. The smallest absolute Gasteiger partial charge is 0.308 e. The summed E-state index contributed by atoms with van der Waals surface area (Å²) in [6.07, 6.45) is 7.82. The molecule has 0 bridgehead atoms. The van der Waals surface area contributed by atoms with E-state index in [4.69, 9.17) is 9.15 Å². The summed E-state index contributed by atoms with van der Waals surface area (Å²) in [4.78, 5) is 35.6. The van der Waals surface area contributed by atoms with E-state index >= 15 is 0 Å². The van der Waals surface area contributed by atoms with Crippen LogP contribution in [0.5, 0.6) is 5.75 Å². The zero-order chi connectivity index (χ0) is 32.1. The number of hydrogen-bond acceptors (Lipinski definition) is 6. The first-order valence-electron chi connectivity index (χ1n) is 16.4. The van der Waals surface area contributed by atoms with E-state index in [-0.39, 0.29) is 36.3 Å². The Morgan fingerprint density at radius 1 is 1.13 bits per heavy atom. The second-order valence-corrected chi connectivity index (χ2v) is 12.6. The summed E-state index contributed by atoms with van der Waals surface area (Å²) in [5.74, 6) is 0.0183. The minimum Gasteiger partial charge on any atom is -0.493 e. The molecule has 1 saturated heterocycles. The van der Waals surface area contributed by atoms with Gasteiger partial charge in [-0.15, -0.1) is 0 Å². The number of fused-ring (bicyclic) bond motifs is 1. The lowest BCUT2D eigenvalue weighted by Crippen LogP contribution is -2.48. The molecule has 2 aliphatic rings. The number of nitrogens with zero attached hydrogens (tertiary/aromatic N) is 3. The van der Waals surface area contributed by atoms with Crippen LogP contribution in [0.15, 0.2) is 47.0 Å². The van der Waals surface area contributed by atoms with Gasteiger partial charge in [0.15, 0.2) is 5.89 Å². The quantitative estimate of drug-likeness (QED) is 0.211. The predicted molar refractivity (Wildman–Crippen MR) is 171 cm³/mol. The van der Waals surface area contributed by atoms with Crippen molar-refractivity contribution < 1.29 is 28.2 Å². The van der Waals surface area contributed by atoms with E-state index in [1.807, 2.05) is 24.0 Å². The van der Waals surface area contributed by atoms with Gasteiger partial charge in [0.1, 0.15) is 17.3 Å². The summed E-state index contributed by atoms with van der Waals surface area (Å²) in [7, 11) is 0. The second kappa shape index (κ2) is 14.6. The number of benzene rings is 2. The molecular weight excluding hydrogens is 573 g/mol. The topological polar surface area (TPSA) is 96.1 Å². The lowest BCUT2D eigenvalue weighted by molar-refractivity contribution is -0.143. The minimum atomic E-state index is -0.857. The standard InChI is InChI=1S/C36H46FN3O5/c1-5-8-27(9-6-2)40(28-13-14-30(37)23(3)18-28)34(41)22-39-21-29(25-12-15-32-26(19-25)16-17-44-32)35(36(42)43)31(39)10-7-11-33-38-20-24(4)45-33/h12-15,18-20,27,29,31,35H,5-11,16-17,21-22H2,1-4H3,(H,42,43)/t29-,31+,35-/m1/s1. The average molecular weight is 620 g/mol. The monoisotopic (exact) mass is 619 g/mol. The van der Waals surface area contributed by atoms with E-state index in [9.17, 15) is 19.1 Å². The molecule has 5 rings (SSSR count). The van der Waals surface area contributed by atoms with Crippen LogP contribution in [-0.4, -0.2) is 58.6 Å². The SMILES string of the molecule is CCCC(CCC)N(C(=O)CN1C[C@H](c2ccc3c(c2)CCO3)[C@@H](C(=O)O)[C@@H]1CCCc1ncc(C)o1)c1ccc(F)c(C)c1. The molecule has 45 heavy (non-hydrogen) atoms. The summed E-state index contributed by atoms with van der Waals surface area (Å²) >= 11 is 0. The van der Waals surface area contributed by atoms with Gasteiger partial charge in [-0.1, -0.05) is 38.8 Å². The van der Waals surface area contributed by atoms with E-state index in [0.717, 1.165) is 54.7 Å². The molecule has 0 aliphatic carbocycles. The van der Waals surface area contributed by atoms with E-state index in [2.05, 4.69) is 29.8 Å². The van der Waals surface area contributed by atoms with Gasteiger partial charge in [-0.2, -0.15) is 0 Å². The number of amides is 1. The van der Waals surface area contributed by atoms with Crippen molar-refractivity contribution in [3.05, 3.63) is 76.8 Å². The van der Waals surface area contributed by atoms with Crippen LogP contribution < -0.4 is 9.64 Å². The van der Waals surface area contributed by atoms with Crippen molar-refractivity contribution in [3.8, 4) is 5.75 Å². The number of anilines is 1. The molecule has 1 N–H and O–H groups in total.